The number of H-pyrrole nitrogens is 1. The highest BCUT2D eigenvalue weighted by Crippen LogP contribution is 2.25. The molecule has 3 aromatic heterocycles. The van der Waals surface area contributed by atoms with Gasteiger partial charge in [0, 0.05) is 44.5 Å². The van der Waals surface area contributed by atoms with E-state index < -0.39 is 6.23 Å². The minimum Gasteiger partial charge on any atom is -0.467 e. The van der Waals surface area contributed by atoms with Crippen molar-refractivity contribution in [2.45, 2.75) is 33.0 Å². The number of nitrogens with one attached hydrogen (secondary N) is 1. The Bertz CT molecular complexity index is 1260. The van der Waals surface area contributed by atoms with Gasteiger partial charge in [-0.15, -0.1) is 5.11 Å². The van der Waals surface area contributed by atoms with E-state index in [4.69, 9.17) is 4.74 Å². The molecule has 1 N–H and O–H groups in total. The van der Waals surface area contributed by atoms with Gasteiger partial charge in [0.15, 0.2) is 0 Å². The van der Waals surface area contributed by atoms with Gasteiger partial charge in [0.25, 0.3) is 11.8 Å². The molecule has 1 atom stereocenters. The number of azo groups is 1. The van der Waals surface area contributed by atoms with Crippen LogP contribution < -0.4 is 10.5 Å². The molecule has 2 aliphatic rings. The average molecular weight is 446 g/mol. The second-order valence-corrected chi connectivity index (χ2v) is 8.42. The van der Waals surface area contributed by atoms with E-state index in [2.05, 4.69) is 41.0 Å². The Balaban J connectivity index is 1.19. The molecule has 1 unspecified atom stereocenters. The van der Waals surface area contributed by atoms with Crippen molar-refractivity contribution in [1.29, 1.82) is 0 Å². The molecule has 0 aliphatic carbocycles. The normalized spacial score (nSPS) is 18.9. The fourth-order valence-corrected chi connectivity index (χ4v) is 4.16. The predicted octanol–water partition coefficient (Wildman–Crippen LogP) is 3.55. The number of anilines is 1. The summed E-state index contributed by atoms with van der Waals surface area (Å²) < 4.78 is 5.55. The van der Waals surface area contributed by atoms with Crippen LogP contribution in [0.2, 0.25) is 0 Å². The number of ether oxygens (including phenoxy) is 1. The molecule has 5 rings (SSSR count). The number of pyridine rings is 3. The molecule has 170 valence electrons. The molecule has 2 aliphatic heterocycles. The van der Waals surface area contributed by atoms with E-state index in [0.717, 1.165) is 72.0 Å². The number of hydrogen-bond donors (Lipinski definition) is 1. The van der Waals surface area contributed by atoms with Gasteiger partial charge in [-0.1, -0.05) is 6.92 Å². The van der Waals surface area contributed by atoms with E-state index >= 15 is 0 Å². The minimum absolute atomic E-state index is 0.0260. The summed E-state index contributed by atoms with van der Waals surface area (Å²) in [6, 6.07) is 7.94. The molecule has 33 heavy (non-hydrogen) atoms. The fraction of sp³-hybridized carbons (Fsp3) is 0.375. The van der Waals surface area contributed by atoms with Crippen molar-refractivity contribution in [3.63, 3.8) is 0 Å². The molecule has 9 heteroatoms. The highest BCUT2D eigenvalue weighted by molar-refractivity contribution is 5.74. The monoisotopic (exact) mass is 445 g/mol. The van der Waals surface area contributed by atoms with Gasteiger partial charge in [-0.25, -0.2) is 0 Å². The summed E-state index contributed by atoms with van der Waals surface area (Å²) in [5.41, 5.74) is 6.07. The maximum atomic E-state index is 12.1. The van der Waals surface area contributed by atoms with Crippen LogP contribution in [-0.2, 0) is 17.7 Å². The molecular weight excluding hydrogens is 418 g/mol. The summed E-state index contributed by atoms with van der Waals surface area (Å²) in [4.78, 5) is 29.0. The van der Waals surface area contributed by atoms with Gasteiger partial charge in [-0.3, -0.25) is 19.7 Å². The van der Waals surface area contributed by atoms with Gasteiger partial charge in [0.2, 0.25) is 0 Å². The SMILES string of the molecule is CCc1cc2ncc(CN3CCN(c4ccc(C5N=NC(C)=CO5)nc4)CC3)cc2[nH]c1=O. The lowest BCUT2D eigenvalue weighted by Gasteiger charge is -2.36. The molecule has 0 bridgehead atoms. The number of aromatic nitrogens is 3. The minimum atomic E-state index is -0.473. The Morgan fingerprint density at radius 2 is 1.97 bits per heavy atom. The molecule has 9 nitrogen and oxygen atoms in total. The number of rotatable bonds is 5. The van der Waals surface area contributed by atoms with Crippen molar-refractivity contribution in [1.82, 2.24) is 19.9 Å². The Labute approximate surface area is 191 Å². The zero-order valence-corrected chi connectivity index (χ0v) is 18.9. The maximum absolute atomic E-state index is 12.1. The van der Waals surface area contributed by atoms with E-state index in [1.807, 2.05) is 44.4 Å². The Hall–Kier alpha value is -3.59. The lowest BCUT2D eigenvalue weighted by Crippen LogP contribution is -2.46. The van der Waals surface area contributed by atoms with Crippen LogP contribution in [0.1, 0.15) is 36.9 Å². The van der Waals surface area contributed by atoms with E-state index in [1.54, 1.807) is 6.26 Å². The molecule has 0 saturated carbocycles. The van der Waals surface area contributed by atoms with Crippen LogP contribution in [-0.4, -0.2) is 46.0 Å². The highest BCUT2D eigenvalue weighted by atomic mass is 16.5. The number of aryl methyl sites for hydroxylation is 1. The summed E-state index contributed by atoms with van der Waals surface area (Å²) in [6.45, 7) is 8.34. The second kappa shape index (κ2) is 9.11. The number of hydrogen-bond acceptors (Lipinski definition) is 8. The van der Waals surface area contributed by atoms with Crippen LogP contribution in [0, 0.1) is 0 Å². The zero-order chi connectivity index (χ0) is 22.8. The van der Waals surface area contributed by atoms with E-state index in [9.17, 15) is 4.79 Å². The van der Waals surface area contributed by atoms with Crippen LogP contribution in [0.5, 0.6) is 0 Å². The fourth-order valence-electron chi connectivity index (χ4n) is 4.16. The molecule has 0 spiro atoms. The smallest absolute Gasteiger partial charge is 0.251 e. The van der Waals surface area contributed by atoms with Crippen LogP contribution in [0.4, 0.5) is 5.69 Å². The predicted molar refractivity (Wildman–Crippen MR) is 126 cm³/mol. The highest BCUT2D eigenvalue weighted by Gasteiger charge is 2.20. The Morgan fingerprint density at radius 3 is 2.67 bits per heavy atom. The van der Waals surface area contributed by atoms with Crippen LogP contribution >= 0.6 is 0 Å². The Kier molecular flexibility index (Phi) is 5.87. The number of piperazine rings is 1. The van der Waals surface area contributed by atoms with E-state index in [1.165, 1.54) is 0 Å². The summed E-state index contributed by atoms with van der Waals surface area (Å²) in [6.07, 6.45) is 5.63. The second-order valence-electron chi connectivity index (χ2n) is 8.42. The maximum Gasteiger partial charge on any atom is 0.251 e. The van der Waals surface area contributed by atoms with Crippen molar-refractivity contribution in [3.8, 4) is 0 Å². The standard InChI is InChI=1S/C24H27N7O2/c1-3-18-11-21-22(27-23(18)32)10-17(12-25-21)14-30-6-8-31(9-7-30)19-4-5-20(26-13-19)24-29-28-16(2)15-33-24/h4-5,10-13,15,24H,3,6-9,14H2,1-2H3,(H,27,32). The zero-order valence-electron chi connectivity index (χ0n) is 18.9. The largest absolute Gasteiger partial charge is 0.467 e. The first-order valence-electron chi connectivity index (χ1n) is 11.3. The first kappa shape index (κ1) is 21.3. The summed E-state index contributed by atoms with van der Waals surface area (Å²) in [5, 5.41) is 8.19. The van der Waals surface area contributed by atoms with Crippen LogP contribution in [0.15, 0.2) is 63.6 Å². The van der Waals surface area contributed by atoms with Crippen molar-refractivity contribution in [3.05, 3.63) is 75.8 Å². The third kappa shape index (κ3) is 4.63. The molecule has 3 aromatic rings. The molecular formula is C24H27N7O2. The molecule has 5 heterocycles. The third-order valence-corrected chi connectivity index (χ3v) is 6.06. The topological polar surface area (TPSA) is 99.1 Å². The van der Waals surface area contributed by atoms with Gasteiger partial charge in [-0.05, 0) is 43.2 Å². The van der Waals surface area contributed by atoms with Gasteiger partial charge >= 0.3 is 0 Å². The summed E-state index contributed by atoms with van der Waals surface area (Å²) >= 11 is 0. The molecule has 0 amide bonds. The first-order chi connectivity index (χ1) is 16.1. The van der Waals surface area contributed by atoms with E-state index in [0.29, 0.717) is 6.42 Å². The van der Waals surface area contributed by atoms with E-state index in [-0.39, 0.29) is 5.56 Å². The average Bonchev–Trinajstić information content (AvgIpc) is 2.85. The lowest BCUT2D eigenvalue weighted by atomic mass is 10.1. The number of fused-ring (bicyclic) bond motifs is 1. The number of nitrogens with zero attached hydrogens (tertiary/aromatic N) is 6. The summed E-state index contributed by atoms with van der Waals surface area (Å²) in [7, 11) is 0. The number of allylic oxidation sites excluding steroid dienone is 1. The lowest BCUT2D eigenvalue weighted by molar-refractivity contribution is 0.131. The van der Waals surface area contributed by atoms with Crippen LogP contribution in [0.25, 0.3) is 11.0 Å². The molecule has 1 fully saturated rings. The van der Waals surface area contributed by atoms with Gasteiger partial charge in [-0.2, -0.15) is 5.11 Å². The summed E-state index contributed by atoms with van der Waals surface area (Å²) in [5.74, 6) is 0. The Morgan fingerprint density at radius 1 is 1.12 bits per heavy atom. The molecule has 0 radical (unpaired) electrons. The molecule has 0 aromatic carbocycles. The first-order valence-corrected chi connectivity index (χ1v) is 11.3. The van der Waals surface area contributed by atoms with Gasteiger partial charge in [0.1, 0.15) is 12.0 Å². The van der Waals surface area contributed by atoms with Gasteiger partial charge < -0.3 is 14.6 Å². The van der Waals surface area contributed by atoms with Crippen molar-refractivity contribution >= 4 is 16.7 Å². The quantitative estimate of drug-likeness (QED) is 0.645. The van der Waals surface area contributed by atoms with Crippen molar-refractivity contribution in [2.24, 2.45) is 10.2 Å². The third-order valence-electron chi connectivity index (χ3n) is 6.06. The molecule has 1 saturated heterocycles. The van der Waals surface area contributed by atoms with Crippen molar-refractivity contribution < 1.29 is 4.74 Å². The van der Waals surface area contributed by atoms with Crippen LogP contribution in [0.3, 0.4) is 0 Å². The number of aromatic amines is 1. The van der Waals surface area contributed by atoms with Gasteiger partial charge in [0.05, 0.1) is 28.6 Å². The van der Waals surface area contributed by atoms with Crippen molar-refractivity contribution in [2.75, 3.05) is 31.1 Å².